The Morgan fingerprint density at radius 2 is 1.43 bits per heavy atom. The second kappa shape index (κ2) is 5.96. The molecule has 4 heteroatoms. The van der Waals surface area contributed by atoms with Gasteiger partial charge in [-0.05, 0) is 0 Å². The van der Waals surface area contributed by atoms with E-state index in [-0.39, 0.29) is 26.0 Å². The Bertz CT molecular complexity index is 935. The number of nitriles is 1. The van der Waals surface area contributed by atoms with Gasteiger partial charge in [0.2, 0.25) is 0 Å². The summed E-state index contributed by atoms with van der Waals surface area (Å²) in [7, 11) is 0. The predicted molar refractivity (Wildman–Crippen MR) is 91.8 cm³/mol. The summed E-state index contributed by atoms with van der Waals surface area (Å²) >= 11 is 0.0118. The number of aromatic hydroxyl groups is 2. The summed E-state index contributed by atoms with van der Waals surface area (Å²) in [6.07, 6.45) is 0. The van der Waals surface area contributed by atoms with E-state index in [9.17, 15) is 15.5 Å². The maximum atomic E-state index is 9.68. The van der Waals surface area contributed by atoms with Crippen molar-refractivity contribution in [3.8, 4) is 37.6 Å². The summed E-state index contributed by atoms with van der Waals surface area (Å²) in [6.45, 7) is 3.72. The molecule has 0 saturated heterocycles. The van der Waals surface area contributed by atoms with Crippen LogP contribution < -0.4 is 0 Å². The molecular formula is C19H15NO2Se. The molecule has 0 aliphatic carbocycles. The van der Waals surface area contributed by atoms with Crippen LogP contribution in [0.25, 0.3) is 20.0 Å². The molecule has 3 aromatic rings. The fraction of sp³-hybridized carbons (Fsp3) is 0.105. The fourth-order valence-electron chi connectivity index (χ4n) is 2.44. The van der Waals surface area contributed by atoms with Crippen LogP contribution in [0.2, 0.25) is 0 Å². The van der Waals surface area contributed by atoms with Crippen molar-refractivity contribution in [2.24, 2.45) is 0 Å². The van der Waals surface area contributed by atoms with E-state index < -0.39 is 0 Å². The number of aryl methyl sites for hydroxylation is 2. The Balaban J connectivity index is 2.12. The van der Waals surface area contributed by atoms with Crippen LogP contribution in [-0.2, 0) is 0 Å². The van der Waals surface area contributed by atoms with Gasteiger partial charge in [-0.1, -0.05) is 0 Å². The molecule has 2 aromatic carbocycles. The first kappa shape index (κ1) is 15.4. The zero-order chi connectivity index (χ0) is 16.6. The molecule has 23 heavy (non-hydrogen) atoms. The van der Waals surface area contributed by atoms with Gasteiger partial charge in [0.25, 0.3) is 0 Å². The Morgan fingerprint density at radius 1 is 0.870 bits per heavy atom. The average molecular weight is 368 g/mol. The summed E-state index contributed by atoms with van der Waals surface area (Å²) in [5, 5.41) is 28.8. The minimum absolute atomic E-state index is 0.0118. The third kappa shape index (κ3) is 2.89. The molecule has 0 atom stereocenters. The maximum absolute atomic E-state index is 9.68. The summed E-state index contributed by atoms with van der Waals surface area (Å²) in [5.41, 5.74) is 4.33. The van der Waals surface area contributed by atoms with E-state index in [4.69, 9.17) is 0 Å². The van der Waals surface area contributed by atoms with Crippen molar-refractivity contribution in [1.29, 1.82) is 5.26 Å². The van der Waals surface area contributed by atoms with Gasteiger partial charge in [-0.25, -0.2) is 0 Å². The molecule has 1 aromatic heterocycles. The van der Waals surface area contributed by atoms with Gasteiger partial charge in [0.1, 0.15) is 0 Å². The van der Waals surface area contributed by atoms with Crippen LogP contribution >= 0.6 is 0 Å². The van der Waals surface area contributed by atoms with Gasteiger partial charge >= 0.3 is 141 Å². The average Bonchev–Trinajstić information content (AvgIpc) is 2.97. The zero-order valence-corrected chi connectivity index (χ0v) is 14.5. The summed E-state index contributed by atoms with van der Waals surface area (Å²) in [6, 6.07) is 15.2. The fourth-order valence-corrected chi connectivity index (χ4v) is 4.75. The molecule has 0 saturated carbocycles. The Morgan fingerprint density at radius 3 is 2.00 bits per heavy atom. The monoisotopic (exact) mass is 369 g/mol. The molecule has 1 heterocycles. The molecule has 0 bridgehead atoms. The molecule has 0 fully saturated rings. The van der Waals surface area contributed by atoms with Gasteiger partial charge < -0.3 is 0 Å². The molecule has 0 aliphatic rings. The van der Waals surface area contributed by atoms with E-state index >= 15 is 0 Å². The van der Waals surface area contributed by atoms with Crippen LogP contribution in [0.5, 0.6) is 11.5 Å². The summed E-state index contributed by atoms with van der Waals surface area (Å²) in [4.78, 5) is 0. The van der Waals surface area contributed by atoms with Crippen LogP contribution in [0.3, 0.4) is 0 Å². The van der Waals surface area contributed by atoms with E-state index in [0.717, 1.165) is 31.1 Å². The molecule has 3 nitrogen and oxygen atoms in total. The molecule has 0 aliphatic heterocycles. The van der Waals surface area contributed by atoms with Gasteiger partial charge in [0, 0.05) is 0 Å². The van der Waals surface area contributed by atoms with E-state index in [1.54, 1.807) is 12.1 Å². The quantitative estimate of drug-likeness (QED) is 0.673. The van der Waals surface area contributed by atoms with Crippen LogP contribution in [0, 0.1) is 25.2 Å². The number of hydrogen-bond acceptors (Lipinski definition) is 3. The summed E-state index contributed by atoms with van der Waals surface area (Å²) < 4.78 is 2.15. The van der Waals surface area contributed by atoms with Crippen LogP contribution in [-0.4, -0.2) is 24.7 Å². The number of benzene rings is 2. The third-order valence-corrected chi connectivity index (χ3v) is 6.38. The second-order valence-electron chi connectivity index (χ2n) is 5.47. The first-order valence-electron chi connectivity index (χ1n) is 7.13. The van der Waals surface area contributed by atoms with Crippen LogP contribution in [0.4, 0.5) is 0 Å². The predicted octanol–water partition coefficient (Wildman–Crippen LogP) is 3.98. The van der Waals surface area contributed by atoms with Crippen molar-refractivity contribution in [2.75, 3.05) is 0 Å². The Labute approximate surface area is 140 Å². The van der Waals surface area contributed by atoms with Gasteiger partial charge in [-0.3, -0.25) is 0 Å². The Hall–Kier alpha value is -2.47. The van der Waals surface area contributed by atoms with Crippen molar-refractivity contribution in [1.82, 2.24) is 0 Å². The van der Waals surface area contributed by atoms with Crippen molar-refractivity contribution < 1.29 is 10.2 Å². The van der Waals surface area contributed by atoms with E-state index in [1.807, 2.05) is 44.2 Å². The van der Waals surface area contributed by atoms with Gasteiger partial charge in [-0.2, -0.15) is 0 Å². The molecule has 0 spiro atoms. The van der Waals surface area contributed by atoms with Crippen molar-refractivity contribution in [3.63, 3.8) is 0 Å². The van der Waals surface area contributed by atoms with Crippen LogP contribution in [0.15, 0.2) is 42.5 Å². The van der Waals surface area contributed by atoms with E-state index in [2.05, 4.69) is 6.07 Å². The van der Waals surface area contributed by atoms with Crippen molar-refractivity contribution >= 4 is 14.5 Å². The first-order valence-corrected chi connectivity index (χ1v) is 8.85. The molecule has 2 N–H and O–H groups in total. The number of rotatable bonds is 2. The summed E-state index contributed by atoms with van der Waals surface area (Å²) in [5.74, 6) is 0.545. The molecule has 114 valence electrons. The van der Waals surface area contributed by atoms with E-state index in [0.29, 0.717) is 5.56 Å². The van der Waals surface area contributed by atoms with E-state index in [1.165, 1.54) is 0 Å². The molecule has 0 unspecified atom stereocenters. The minimum atomic E-state index is 0.0118. The van der Waals surface area contributed by atoms with Crippen LogP contribution in [0.1, 0.15) is 16.7 Å². The number of nitrogens with zero attached hydrogens (tertiary/aromatic N) is 1. The third-order valence-electron chi connectivity index (χ3n) is 3.79. The van der Waals surface area contributed by atoms with Gasteiger partial charge in [0.15, 0.2) is 0 Å². The molecular weight excluding hydrogens is 353 g/mol. The van der Waals surface area contributed by atoms with Crippen molar-refractivity contribution in [2.45, 2.75) is 13.8 Å². The Kier molecular flexibility index (Phi) is 4.00. The number of phenols is 2. The SMILES string of the molecule is Cc1cc(-c2cc(C#N)c(-c3ccc(O)c(C)c3)[se]2)ccc1O. The van der Waals surface area contributed by atoms with Crippen molar-refractivity contribution in [3.05, 3.63) is 59.2 Å². The molecule has 0 amide bonds. The topological polar surface area (TPSA) is 64.2 Å². The number of hydrogen-bond donors (Lipinski definition) is 2. The zero-order valence-electron chi connectivity index (χ0n) is 12.8. The molecule has 0 radical (unpaired) electrons. The first-order chi connectivity index (χ1) is 11.0. The molecule has 3 rings (SSSR count). The normalized spacial score (nSPS) is 10.5. The standard InChI is InChI=1S/C19H15NO2Se/c1-11-7-13(3-5-16(11)21)18-9-15(10-20)19(23-18)14-4-6-17(22)12(2)8-14/h3-9,21-22H,1-2H3. The number of phenolic OH excluding ortho intramolecular Hbond substituents is 2. The second-order valence-corrected chi connectivity index (χ2v) is 7.68. The van der Waals surface area contributed by atoms with Gasteiger partial charge in [0.05, 0.1) is 0 Å². The van der Waals surface area contributed by atoms with Gasteiger partial charge in [-0.15, -0.1) is 0 Å².